The normalized spacial score (nSPS) is 26.6. The minimum atomic E-state index is -1.38. The van der Waals surface area contributed by atoms with Crippen LogP contribution in [0.4, 0.5) is 11.5 Å². The van der Waals surface area contributed by atoms with E-state index < -0.39 is 36.7 Å². The Bertz CT molecular complexity index is 566. The van der Waals surface area contributed by atoms with Gasteiger partial charge in [0.15, 0.2) is 12.0 Å². The molecule has 10 nitrogen and oxygen atoms in total. The molecule has 2 heterocycles. The number of H-pyrrole nitrogens is 1. The fourth-order valence-corrected chi connectivity index (χ4v) is 2.01. The zero-order valence-corrected chi connectivity index (χ0v) is 13.4. The summed E-state index contributed by atoms with van der Waals surface area (Å²) in [7, 11) is 0. The number of aromatic nitrogens is 2. The summed E-state index contributed by atoms with van der Waals surface area (Å²) in [5.74, 6) is 5.97. The standard InChI is InChI=1S/C10H17N5O5.C3H8/c1-3-13-8(5(11)9(19)14-3)15(12)10-7(18)6(17)4(2-16)20-10;1-3-2/h4,6-7,10,16-18H,2,11-12H2,1H3,(H,13,14,19);3H2,1-2H3/t4?,6-,7-,10?;/m1./s1. The number of nitrogens with one attached hydrogen (secondary N) is 1. The first-order valence-electron chi connectivity index (χ1n) is 7.31. The fraction of sp³-hybridized carbons (Fsp3) is 0.692. The molecular formula is C13H25N5O5. The van der Waals surface area contributed by atoms with Gasteiger partial charge in [0, 0.05) is 0 Å². The molecule has 1 aromatic rings. The number of aryl methyl sites for hydroxylation is 1. The van der Waals surface area contributed by atoms with Crippen molar-refractivity contribution >= 4 is 11.5 Å². The highest BCUT2D eigenvalue weighted by Gasteiger charge is 2.45. The Balaban J connectivity index is 0.000000816. The Morgan fingerprint density at radius 2 is 1.91 bits per heavy atom. The van der Waals surface area contributed by atoms with Gasteiger partial charge < -0.3 is 30.8 Å². The van der Waals surface area contributed by atoms with Crippen LogP contribution in [-0.4, -0.2) is 56.4 Å². The van der Waals surface area contributed by atoms with Crippen molar-refractivity contribution in [1.82, 2.24) is 9.97 Å². The lowest BCUT2D eigenvalue weighted by Gasteiger charge is -2.27. The number of aliphatic hydroxyl groups is 3. The molecule has 0 aliphatic carbocycles. The van der Waals surface area contributed by atoms with Gasteiger partial charge in [-0.05, 0) is 6.92 Å². The van der Waals surface area contributed by atoms with E-state index in [2.05, 4.69) is 23.8 Å². The lowest BCUT2D eigenvalue weighted by atomic mass is 10.1. The summed E-state index contributed by atoms with van der Waals surface area (Å²) in [4.78, 5) is 17.9. The molecule has 2 unspecified atom stereocenters. The zero-order chi connectivity index (χ0) is 17.7. The molecule has 0 saturated carbocycles. The van der Waals surface area contributed by atoms with Gasteiger partial charge in [0.05, 0.1) is 6.61 Å². The number of hydrazine groups is 1. The number of rotatable bonds is 3. The SMILES string of the molecule is CCC.Cc1nc(N(N)C2OC(CO)[C@@H](O)[C@H]2O)c(N)c(=O)[nH]1. The van der Waals surface area contributed by atoms with Crippen LogP contribution in [-0.2, 0) is 4.74 Å². The van der Waals surface area contributed by atoms with Crippen molar-refractivity contribution in [2.24, 2.45) is 5.84 Å². The number of anilines is 2. The average Bonchev–Trinajstić information content (AvgIpc) is 2.79. The molecule has 0 radical (unpaired) electrons. The molecule has 0 amide bonds. The van der Waals surface area contributed by atoms with Crippen molar-refractivity contribution in [1.29, 1.82) is 0 Å². The Morgan fingerprint density at radius 3 is 2.39 bits per heavy atom. The lowest BCUT2D eigenvalue weighted by Crippen LogP contribution is -2.49. The number of ether oxygens (including phenoxy) is 1. The van der Waals surface area contributed by atoms with Gasteiger partial charge in [-0.25, -0.2) is 10.8 Å². The van der Waals surface area contributed by atoms with Gasteiger partial charge in [-0.3, -0.25) is 9.80 Å². The molecule has 1 saturated heterocycles. The second-order valence-electron chi connectivity index (χ2n) is 5.23. The van der Waals surface area contributed by atoms with Gasteiger partial charge in [-0.1, -0.05) is 20.3 Å². The molecule has 132 valence electrons. The molecule has 0 aromatic carbocycles. The minimum absolute atomic E-state index is 0.0823. The zero-order valence-electron chi connectivity index (χ0n) is 13.4. The van der Waals surface area contributed by atoms with Crippen LogP contribution in [0.15, 0.2) is 4.79 Å². The Kier molecular flexibility index (Phi) is 6.91. The molecule has 10 heteroatoms. The first kappa shape index (κ1) is 19.3. The number of nitrogen functional groups attached to an aromatic ring is 1. The quantitative estimate of drug-likeness (QED) is 0.276. The summed E-state index contributed by atoms with van der Waals surface area (Å²) in [5, 5.41) is 29.4. The van der Waals surface area contributed by atoms with Crippen LogP contribution < -0.4 is 22.1 Å². The average molecular weight is 331 g/mol. The maximum Gasteiger partial charge on any atom is 0.276 e. The van der Waals surface area contributed by atoms with E-state index in [4.69, 9.17) is 21.4 Å². The van der Waals surface area contributed by atoms with Gasteiger partial charge in [0.25, 0.3) is 5.56 Å². The van der Waals surface area contributed by atoms with E-state index in [0.29, 0.717) is 0 Å². The third-order valence-corrected chi connectivity index (χ3v) is 3.09. The molecule has 1 fully saturated rings. The van der Waals surface area contributed by atoms with Crippen LogP contribution in [0.3, 0.4) is 0 Å². The number of aliphatic hydroxyl groups excluding tert-OH is 3. The Morgan fingerprint density at radius 1 is 1.35 bits per heavy atom. The second kappa shape index (κ2) is 8.22. The first-order chi connectivity index (χ1) is 10.8. The van der Waals surface area contributed by atoms with Gasteiger partial charge in [-0.2, -0.15) is 0 Å². The predicted molar refractivity (Wildman–Crippen MR) is 84.4 cm³/mol. The van der Waals surface area contributed by atoms with Gasteiger partial charge in [0.1, 0.15) is 29.8 Å². The van der Waals surface area contributed by atoms with Crippen molar-refractivity contribution < 1.29 is 20.1 Å². The molecular weight excluding hydrogens is 306 g/mol. The van der Waals surface area contributed by atoms with Crippen LogP contribution in [0, 0.1) is 6.92 Å². The van der Waals surface area contributed by atoms with E-state index >= 15 is 0 Å². The van der Waals surface area contributed by atoms with E-state index in [9.17, 15) is 15.0 Å². The van der Waals surface area contributed by atoms with Crippen LogP contribution in [0.2, 0.25) is 0 Å². The molecule has 0 bridgehead atoms. The maximum atomic E-state index is 11.6. The molecule has 8 N–H and O–H groups in total. The van der Waals surface area contributed by atoms with E-state index in [1.54, 1.807) is 0 Å². The summed E-state index contributed by atoms with van der Waals surface area (Å²) in [5.41, 5.74) is 4.78. The fourth-order valence-electron chi connectivity index (χ4n) is 2.01. The van der Waals surface area contributed by atoms with Crippen LogP contribution in [0.25, 0.3) is 0 Å². The largest absolute Gasteiger partial charge is 0.394 e. The predicted octanol–water partition coefficient (Wildman–Crippen LogP) is -1.80. The molecule has 1 aliphatic rings. The summed E-state index contributed by atoms with van der Waals surface area (Å²) in [6.07, 6.45) is -3.60. The third kappa shape index (κ3) is 4.18. The Hall–Kier alpha value is -1.72. The van der Waals surface area contributed by atoms with E-state index in [1.807, 2.05) is 0 Å². The maximum absolute atomic E-state index is 11.6. The van der Waals surface area contributed by atoms with Crippen molar-refractivity contribution in [3.8, 4) is 0 Å². The van der Waals surface area contributed by atoms with E-state index in [-0.39, 0.29) is 17.3 Å². The van der Waals surface area contributed by atoms with Crippen molar-refractivity contribution in [2.45, 2.75) is 51.7 Å². The number of hydrogen-bond donors (Lipinski definition) is 6. The van der Waals surface area contributed by atoms with E-state index in [0.717, 1.165) is 5.01 Å². The monoisotopic (exact) mass is 331 g/mol. The molecule has 2 rings (SSSR count). The summed E-state index contributed by atoms with van der Waals surface area (Å²) in [6.45, 7) is 5.30. The van der Waals surface area contributed by atoms with Gasteiger partial charge >= 0.3 is 0 Å². The van der Waals surface area contributed by atoms with Gasteiger partial charge in [0.2, 0.25) is 0 Å². The molecule has 1 aromatic heterocycles. The summed E-state index contributed by atoms with van der Waals surface area (Å²) in [6, 6.07) is 0. The van der Waals surface area contributed by atoms with E-state index in [1.165, 1.54) is 13.3 Å². The van der Waals surface area contributed by atoms with Crippen LogP contribution in [0.1, 0.15) is 26.1 Å². The molecule has 4 atom stereocenters. The highest BCUT2D eigenvalue weighted by Crippen LogP contribution is 2.26. The van der Waals surface area contributed by atoms with Crippen molar-refractivity contribution in [3.63, 3.8) is 0 Å². The number of nitrogens with zero attached hydrogens (tertiary/aromatic N) is 2. The number of nitrogens with two attached hydrogens (primary N) is 2. The molecule has 0 spiro atoms. The van der Waals surface area contributed by atoms with Crippen molar-refractivity contribution in [3.05, 3.63) is 16.2 Å². The second-order valence-corrected chi connectivity index (χ2v) is 5.23. The summed E-state index contributed by atoms with van der Waals surface area (Å²) >= 11 is 0. The third-order valence-electron chi connectivity index (χ3n) is 3.09. The number of aromatic amines is 1. The number of hydrogen-bond acceptors (Lipinski definition) is 9. The Labute approximate surface area is 133 Å². The highest BCUT2D eigenvalue weighted by molar-refractivity contribution is 5.60. The smallest absolute Gasteiger partial charge is 0.276 e. The minimum Gasteiger partial charge on any atom is -0.394 e. The lowest BCUT2D eigenvalue weighted by molar-refractivity contribution is -0.0227. The summed E-state index contributed by atoms with van der Waals surface area (Å²) < 4.78 is 5.23. The van der Waals surface area contributed by atoms with Gasteiger partial charge in [-0.15, -0.1) is 0 Å². The van der Waals surface area contributed by atoms with Crippen LogP contribution >= 0.6 is 0 Å². The molecule has 1 aliphatic heterocycles. The van der Waals surface area contributed by atoms with Crippen molar-refractivity contribution in [2.75, 3.05) is 17.3 Å². The highest BCUT2D eigenvalue weighted by atomic mass is 16.6. The van der Waals surface area contributed by atoms with Crippen LogP contribution in [0.5, 0.6) is 0 Å². The molecule has 23 heavy (non-hydrogen) atoms. The first-order valence-corrected chi connectivity index (χ1v) is 7.31. The topological polar surface area (TPSA) is 171 Å².